The van der Waals surface area contributed by atoms with Crippen molar-refractivity contribution < 1.29 is 19.1 Å². The third-order valence-electron chi connectivity index (χ3n) is 4.79. The molecule has 0 amide bonds. The number of pyridine rings is 1. The summed E-state index contributed by atoms with van der Waals surface area (Å²) < 4.78 is 16.6. The molecule has 1 saturated heterocycles. The number of anilines is 1. The van der Waals surface area contributed by atoms with E-state index in [1.807, 2.05) is 25.1 Å². The Morgan fingerprint density at radius 2 is 2.07 bits per heavy atom. The molecule has 9 heteroatoms. The highest BCUT2D eigenvalue weighted by Crippen LogP contribution is 2.32. The minimum Gasteiger partial charge on any atom is -0.493 e. The van der Waals surface area contributed by atoms with Gasteiger partial charge in [-0.2, -0.15) is 0 Å². The first-order valence-corrected chi connectivity index (χ1v) is 9.59. The fourth-order valence-corrected chi connectivity index (χ4v) is 3.31. The minimum atomic E-state index is -0.459. The molecule has 29 heavy (non-hydrogen) atoms. The van der Waals surface area contributed by atoms with E-state index < -0.39 is 4.92 Å². The first kappa shape index (κ1) is 20.8. The molecule has 1 fully saturated rings. The van der Waals surface area contributed by atoms with Crippen LogP contribution in [0.2, 0.25) is 0 Å². The molecule has 1 atom stereocenters. The molecule has 2 aromatic rings. The van der Waals surface area contributed by atoms with Crippen molar-refractivity contribution in [3.8, 4) is 11.5 Å². The molecule has 1 aromatic carbocycles. The molecular formula is C20H26N4O5. The standard InChI is InChI=1S/C20H26N4O5/c1-3-29-18-6-4-15(12-19(18)27-2)17(23-8-10-28-11-9-23)14-22-20-7-5-16(13-21-20)24(25)26/h4-7,12-13,17H,3,8-11,14H2,1-2H3,(H,21,22). The Labute approximate surface area is 169 Å². The zero-order chi connectivity index (χ0) is 20.6. The first-order valence-electron chi connectivity index (χ1n) is 9.59. The summed E-state index contributed by atoms with van der Waals surface area (Å²) in [5.41, 5.74) is 1.05. The van der Waals surface area contributed by atoms with Gasteiger partial charge in [-0.1, -0.05) is 6.07 Å². The molecule has 0 aliphatic carbocycles. The van der Waals surface area contributed by atoms with Crippen molar-refractivity contribution in [1.82, 2.24) is 9.88 Å². The molecule has 1 unspecified atom stereocenters. The Hall–Kier alpha value is -2.91. The number of benzene rings is 1. The van der Waals surface area contributed by atoms with Gasteiger partial charge in [-0.05, 0) is 30.7 Å². The van der Waals surface area contributed by atoms with Crippen molar-refractivity contribution in [1.29, 1.82) is 0 Å². The van der Waals surface area contributed by atoms with Gasteiger partial charge < -0.3 is 19.5 Å². The molecule has 1 aliphatic heterocycles. The number of hydrogen-bond acceptors (Lipinski definition) is 8. The monoisotopic (exact) mass is 402 g/mol. The van der Waals surface area contributed by atoms with Crippen LogP contribution in [0.1, 0.15) is 18.5 Å². The Balaban J connectivity index is 1.80. The van der Waals surface area contributed by atoms with Gasteiger partial charge in [-0.25, -0.2) is 4.98 Å². The highest BCUT2D eigenvalue weighted by molar-refractivity contribution is 5.45. The molecule has 156 valence electrons. The van der Waals surface area contributed by atoms with E-state index in [1.54, 1.807) is 13.2 Å². The van der Waals surface area contributed by atoms with E-state index in [0.29, 0.717) is 43.7 Å². The fourth-order valence-electron chi connectivity index (χ4n) is 3.31. The summed E-state index contributed by atoms with van der Waals surface area (Å²) in [6.07, 6.45) is 1.26. The lowest BCUT2D eigenvalue weighted by Crippen LogP contribution is -2.41. The molecule has 1 aliphatic rings. The molecule has 1 aromatic heterocycles. The minimum absolute atomic E-state index is 0.0310. The lowest BCUT2D eigenvalue weighted by molar-refractivity contribution is -0.385. The molecule has 2 heterocycles. The maximum Gasteiger partial charge on any atom is 0.287 e. The lowest BCUT2D eigenvalue weighted by Gasteiger charge is -2.35. The van der Waals surface area contributed by atoms with Gasteiger partial charge >= 0.3 is 0 Å². The number of morpholine rings is 1. The summed E-state index contributed by atoms with van der Waals surface area (Å²) in [6, 6.07) is 9.08. The number of rotatable bonds is 9. The Morgan fingerprint density at radius 1 is 1.28 bits per heavy atom. The second-order valence-electron chi connectivity index (χ2n) is 6.55. The van der Waals surface area contributed by atoms with Crippen LogP contribution >= 0.6 is 0 Å². The lowest BCUT2D eigenvalue weighted by atomic mass is 10.0. The summed E-state index contributed by atoms with van der Waals surface area (Å²) in [7, 11) is 1.63. The van der Waals surface area contributed by atoms with E-state index in [1.165, 1.54) is 12.3 Å². The van der Waals surface area contributed by atoms with E-state index in [0.717, 1.165) is 18.7 Å². The summed E-state index contributed by atoms with van der Waals surface area (Å²) >= 11 is 0. The number of methoxy groups -OCH3 is 1. The number of nitro groups is 1. The van der Waals surface area contributed by atoms with E-state index in [4.69, 9.17) is 14.2 Å². The van der Waals surface area contributed by atoms with E-state index in [-0.39, 0.29) is 11.7 Å². The molecule has 1 N–H and O–H groups in total. The summed E-state index contributed by atoms with van der Waals surface area (Å²) in [5.74, 6) is 1.99. The SMILES string of the molecule is CCOc1ccc(C(CNc2ccc([N+](=O)[O-])cn2)N2CCOCC2)cc1OC. The van der Waals surface area contributed by atoms with Crippen LogP contribution in [-0.4, -0.2) is 61.4 Å². The summed E-state index contributed by atoms with van der Waals surface area (Å²) in [4.78, 5) is 16.8. The molecule has 0 radical (unpaired) electrons. The fraction of sp³-hybridized carbons (Fsp3) is 0.450. The second-order valence-corrected chi connectivity index (χ2v) is 6.55. The highest BCUT2D eigenvalue weighted by Gasteiger charge is 2.24. The molecule has 0 saturated carbocycles. The molecule has 0 bridgehead atoms. The van der Waals surface area contributed by atoms with Gasteiger partial charge in [0, 0.05) is 25.7 Å². The zero-order valence-corrected chi connectivity index (χ0v) is 16.7. The normalized spacial score (nSPS) is 15.5. The number of nitrogens with one attached hydrogen (secondary N) is 1. The van der Waals surface area contributed by atoms with Gasteiger partial charge in [-0.15, -0.1) is 0 Å². The molecule has 0 spiro atoms. The number of hydrogen-bond donors (Lipinski definition) is 1. The van der Waals surface area contributed by atoms with Crippen molar-refractivity contribution >= 4 is 11.5 Å². The Morgan fingerprint density at radius 3 is 2.69 bits per heavy atom. The van der Waals surface area contributed by atoms with Crippen LogP contribution in [0, 0.1) is 10.1 Å². The zero-order valence-electron chi connectivity index (χ0n) is 16.7. The van der Waals surface area contributed by atoms with Crippen LogP contribution in [-0.2, 0) is 4.74 Å². The van der Waals surface area contributed by atoms with Crippen LogP contribution in [0.15, 0.2) is 36.5 Å². The number of ether oxygens (including phenoxy) is 3. The number of nitrogens with zero attached hydrogens (tertiary/aromatic N) is 3. The second kappa shape index (κ2) is 10.0. The van der Waals surface area contributed by atoms with Gasteiger partial charge in [0.1, 0.15) is 12.0 Å². The third kappa shape index (κ3) is 5.33. The predicted molar refractivity (Wildman–Crippen MR) is 109 cm³/mol. The molecular weight excluding hydrogens is 376 g/mol. The summed E-state index contributed by atoms with van der Waals surface area (Å²) in [5, 5.41) is 14.1. The van der Waals surface area contributed by atoms with Crippen molar-refractivity contribution in [2.24, 2.45) is 0 Å². The van der Waals surface area contributed by atoms with Gasteiger partial charge in [0.05, 0.1) is 37.9 Å². The van der Waals surface area contributed by atoms with E-state index in [9.17, 15) is 10.1 Å². The van der Waals surface area contributed by atoms with Crippen molar-refractivity contribution in [3.05, 3.63) is 52.2 Å². The van der Waals surface area contributed by atoms with Crippen LogP contribution in [0.4, 0.5) is 11.5 Å². The van der Waals surface area contributed by atoms with Gasteiger partial charge in [0.15, 0.2) is 11.5 Å². The van der Waals surface area contributed by atoms with Crippen molar-refractivity contribution in [3.63, 3.8) is 0 Å². The smallest absolute Gasteiger partial charge is 0.287 e. The van der Waals surface area contributed by atoms with Crippen LogP contribution in [0.3, 0.4) is 0 Å². The predicted octanol–water partition coefficient (Wildman–Crippen LogP) is 2.88. The average Bonchev–Trinajstić information content (AvgIpc) is 2.76. The van der Waals surface area contributed by atoms with Crippen LogP contribution in [0.5, 0.6) is 11.5 Å². The van der Waals surface area contributed by atoms with Crippen molar-refractivity contribution in [2.45, 2.75) is 13.0 Å². The van der Waals surface area contributed by atoms with Gasteiger partial charge in [0.25, 0.3) is 5.69 Å². The topological polar surface area (TPSA) is 99.0 Å². The van der Waals surface area contributed by atoms with Gasteiger partial charge in [0.2, 0.25) is 0 Å². The molecule has 3 rings (SSSR count). The maximum atomic E-state index is 10.8. The number of aromatic nitrogens is 1. The highest BCUT2D eigenvalue weighted by atomic mass is 16.6. The first-order chi connectivity index (χ1) is 14.1. The third-order valence-corrected chi connectivity index (χ3v) is 4.79. The van der Waals surface area contributed by atoms with Crippen LogP contribution < -0.4 is 14.8 Å². The Kier molecular flexibility index (Phi) is 7.20. The van der Waals surface area contributed by atoms with Gasteiger partial charge in [-0.3, -0.25) is 15.0 Å². The largest absolute Gasteiger partial charge is 0.493 e. The quantitative estimate of drug-likeness (QED) is 0.505. The maximum absolute atomic E-state index is 10.8. The van der Waals surface area contributed by atoms with Crippen molar-refractivity contribution in [2.75, 3.05) is 51.9 Å². The average molecular weight is 402 g/mol. The summed E-state index contributed by atoms with van der Waals surface area (Å²) in [6.45, 7) is 6.08. The molecule has 9 nitrogen and oxygen atoms in total. The van der Waals surface area contributed by atoms with E-state index in [2.05, 4.69) is 15.2 Å². The Bertz CT molecular complexity index is 809. The van der Waals surface area contributed by atoms with Crippen LogP contribution in [0.25, 0.3) is 0 Å². The van der Waals surface area contributed by atoms with E-state index >= 15 is 0 Å².